The van der Waals surface area contributed by atoms with Crippen LogP contribution < -0.4 is 20.5 Å². The van der Waals surface area contributed by atoms with Gasteiger partial charge in [-0.05, 0) is 48.6 Å². The van der Waals surface area contributed by atoms with Crippen molar-refractivity contribution in [2.75, 3.05) is 6.61 Å². The van der Waals surface area contributed by atoms with Crippen LogP contribution in [0.25, 0.3) is 11.5 Å². The summed E-state index contributed by atoms with van der Waals surface area (Å²) in [7, 11) is 0. The number of amides is 1. The molecule has 0 spiro atoms. The number of benzene rings is 2. The Morgan fingerprint density at radius 1 is 1.23 bits per heavy atom. The number of nitrogens with zero attached hydrogens (tertiary/aromatic N) is 1. The third kappa shape index (κ3) is 7.16. The predicted octanol–water partition coefficient (Wildman–Crippen LogP) is 5.80. The summed E-state index contributed by atoms with van der Waals surface area (Å²) in [5, 5.41) is 3.28. The summed E-state index contributed by atoms with van der Waals surface area (Å²) in [5.41, 5.74) is 6.96. The van der Waals surface area contributed by atoms with Crippen LogP contribution in [-0.2, 0) is 13.1 Å². The molecule has 0 aliphatic heterocycles. The third-order valence-electron chi connectivity index (χ3n) is 5.07. The Morgan fingerprint density at radius 2 is 1.97 bits per heavy atom. The second kappa shape index (κ2) is 12.5. The van der Waals surface area contributed by atoms with Gasteiger partial charge in [0.05, 0.1) is 13.2 Å². The number of alkyl halides is 2. The fraction of sp³-hybridized carbons (Fsp3) is 0.360. The first-order valence-corrected chi connectivity index (χ1v) is 11.8. The van der Waals surface area contributed by atoms with Crippen LogP contribution in [0.2, 0.25) is 5.02 Å². The largest absolute Gasteiger partial charge is 0.489 e. The molecule has 3 aromatic rings. The van der Waals surface area contributed by atoms with Crippen LogP contribution in [0.3, 0.4) is 0 Å². The minimum Gasteiger partial charge on any atom is -0.489 e. The van der Waals surface area contributed by atoms with Crippen molar-refractivity contribution in [3.8, 4) is 23.0 Å². The van der Waals surface area contributed by atoms with E-state index in [1.165, 1.54) is 18.2 Å². The van der Waals surface area contributed by atoms with E-state index in [1.54, 1.807) is 18.2 Å². The highest BCUT2D eigenvalue weighted by Crippen LogP contribution is 2.36. The lowest BCUT2D eigenvalue weighted by Crippen LogP contribution is -2.24. The van der Waals surface area contributed by atoms with Crippen LogP contribution in [0, 0.1) is 5.92 Å². The molecular weight excluding hydrogens is 480 g/mol. The van der Waals surface area contributed by atoms with E-state index in [0.29, 0.717) is 23.1 Å². The van der Waals surface area contributed by atoms with E-state index in [1.807, 2.05) is 19.9 Å². The van der Waals surface area contributed by atoms with Crippen molar-refractivity contribution in [2.45, 2.75) is 46.4 Å². The average Bonchev–Trinajstić information content (AvgIpc) is 3.59. The average molecular weight is 508 g/mol. The van der Waals surface area contributed by atoms with Gasteiger partial charge in [0.15, 0.2) is 23.0 Å². The van der Waals surface area contributed by atoms with Gasteiger partial charge in [-0.1, -0.05) is 43.6 Å². The van der Waals surface area contributed by atoms with E-state index in [2.05, 4.69) is 15.0 Å². The van der Waals surface area contributed by atoms with Crippen LogP contribution in [-0.4, -0.2) is 24.1 Å². The Balaban J connectivity index is 0.00000167. The normalized spacial score (nSPS) is 12.7. The molecule has 0 radical (unpaired) electrons. The van der Waals surface area contributed by atoms with Gasteiger partial charge in [0.2, 0.25) is 5.89 Å². The number of ether oxygens (including phenoxy) is 2. The quantitative estimate of drug-likeness (QED) is 0.360. The predicted molar refractivity (Wildman–Crippen MR) is 129 cm³/mol. The number of carbonyl (C=O) groups is 1. The van der Waals surface area contributed by atoms with E-state index in [4.69, 9.17) is 26.5 Å². The lowest BCUT2D eigenvalue weighted by atomic mass is 10.2. The van der Waals surface area contributed by atoms with Gasteiger partial charge in [0.1, 0.15) is 0 Å². The van der Waals surface area contributed by atoms with Gasteiger partial charge in [0.25, 0.3) is 5.91 Å². The van der Waals surface area contributed by atoms with Gasteiger partial charge in [-0.3, -0.25) is 4.79 Å². The van der Waals surface area contributed by atoms with Crippen LogP contribution in [0.1, 0.15) is 48.5 Å². The van der Waals surface area contributed by atoms with Crippen LogP contribution in [0.5, 0.6) is 11.5 Å². The molecule has 35 heavy (non-hydrogen) atoms. The maximum Gasteiger partial charge on any atom is 0.387 e. The molecule has 4 rings (SSSR count). The maximum absolute atomic E-state index is 12.8. The fourth-order valence-corrected chi connectivity index (χ4v) is 3.33. The molecule has 1 fully saturated rings. The number of nitrogens with one attached hydrogen (secondary N) is 1. The molecule has 1 aliphatic carbocycles. The molecule has 7 nitrogen and oxygen atoms in total. The number of rotatable bonds is 10. The Morgan fingerprint density at radius 3 is 2.63 bits per heavy atom. The first-order valence-electron chi connectivity index (χ1n) is 11.4. The van der Waals surface area contributed by atoms with Crippen LogP contribution in [0.4, 0.5) is 8.78 Å². The monoisotopic (exact) mass is 507 g/mol. The topological polar surface area (TPSA) is 99.6 Å². The van der Waals surface area contributed by atoms with E-state index in [-0.39, 0.29) is 41.9 Å². The summed E-state index contributed by atoms with van der Waals surface area (Å²) < 4.78 is 41.5. The molecule has 1 aliphatic rings. The molecule has 188 valence electrons. The van der Waals surface area contributed by atoms with Gasteiger partial charge in [0, 0.05) is 17.1 Å². The van der Waals surface area contributed by atoms with Crippen molar-refractivity contribution < 1.29 is 27.5 Å². The highest BCUT2D eigenvalue weighted by atomic mass is 35.5. The number of nitrogens with two attached hydrogens (primary N) is 1. The molecular formula is C25H28ClF2N3O4. The molecule has 1 amide bonds. The maximum atomic E-state index is 12.8. The molecule has 0 unspecified atom stereocenters. The summed E-state index contributed by atoms with van der Waals surface area (Å²) >= 11 is 6.13. The summed E-state index contributed by atoms with van der Waals surface area (Å²) in [6.07, 6.45) is 2.08. The van der Waals surface area contributed by atoms with E-state index in [9.17, 15) is 13.6 Å². The molecule has 1 heterocycles. The zero-order valence-electron chi connectivity index (χ0n) is 19.5. The highest BCUT2D eigenvalue weighted by molar-refractivity contribution is 6.31. The molecule has 0 atom stereocenters. The van der Waals surface area contributed by atoms with E-state index < -0.39 is 12.5 Å². The number of hydrogen-bond donors (Lipinski definition) is 2. The van der Waals surface area contributed by atoms with Gasteiger partial charge < -0.3 is 24.9 Å². The highest BCUT2D eigenvalue weighted by Gasteiger charge is 2.24. The molecule has 0 bridgehead atoms. The van der Waals surface area contributed by atoms with Crippen molar-refractivity contribution in [1.82, 2.24) is 10.3 Å². The van der Waals surface area contributed by atoms with Gasteiger partial charge in [-0.2, -0.15) is 8.78 Å². The molecule has 2 aromatic carbocycles. The minimum absolute atomic E-state index is 0.0351. The van der Waals surface area contributed by atoms with Crippen LogP contribution >= 0.6 is 11.6 Å². The Kier molecular flexibility index (Phi) is 9.45. The van der Waals surface area contributed by atoms with E-state index in [0.717, 1.165) is 18.4 Å². The van der Waals surface area contributed by atoms with Gasteiger partial charge >= 0.3 is 6.61 Å². The molecule has 10 heteroatoms. The number of aromatic nitrogens is 1. The van der Waals surface area contributed by atoms with Crippen molar-refractivity contribution in [3.63, 3.8) is 0 Å². The summed E-state index contributed by atoms with van der Waals surface area (Å²) in [6, 6.07) is 11.5. The van der Waals surface area contributed by atoms with Gasteiger partial charge in [-0.15, -0.1) is 0 Å². The van der Waals surface area contributed by atoms with Crippen molar-refractivity contribution in [2.24, 2.45) is 11.7 Å². The Labute approximate surface area is 207 Å². The zero-order chi connectivity index (χ0) is 25.4. The summed E-state index contributed by atoms with van der Waals surface area (Å²) in [6.45, 7) is 1.56. The first-order chi connectivity index (χ1) is 16.9. The van der Waals surface area contributed by atoms with Crippen molar-refractivity contribution in [1.29, 1.82) is 0 Å². The lowest BCUT2D eigenvalue weighted by Gasteiger charge is -2.12. The smallest absolute Gasteiger partial charge is 0.387 e. The van der Waals surface area contributed by atoms with Crippen molar-refractivity contribution >= 4 is 17.5 Å². The van der Waals surface area contributed by atoms with E-state index >= 15 is 0 Å². The molecule has 3 N–H and O–H groups in total. The molecule has 1 aromatic heterocycles. The molecule has 1 saturated carbocycles. The Hall–Kier alpha value is -3.17. The third-order valence-corrected chi connectivity index (χ3v) is 5.44. The van der Waals surface area contributed by atoms with Crippen molar-refractivity contribution in [3.05, 3.63) is 64.5 Å². The number of carbonyl (C=O) groups excluding carboxylic acids is 1. The Bertz CT molecular complexity index is 1140. The summed E-state index contributed by atoms with van der Waals surface area (Å²) in [4.78, 5) is 17.0. The minimum atomic E-state index is -2.99. The number of oxazole rings is 1. The number of hydrogen-bond acceptors (Lipinski definition) is 6. The zero-order valence-corrected chi connectivity index (χ0v) is 20.3. The summed E-state index contributed by atoms with van der Waals surface area (Å²) in [5.74, 6) is 0.295. The number of halogens is 3. The second-order valence-electron chi connectivity index (χ2n) is 7.56. The first kappa shape index (κ1) is 26.4. The fourth-order valence-electron chi connectivity index (χ4n) is 3.13. The van der Waals surface area contributed by atoms with Gasteiger partial charge in [-0.25, -0.2) is 4.98 Å². The van der Waals surface area contributed by atoms with Crippen LogP contribution in [0.15, 0.2) is 46.9 Å². The molecule has 0 saturated heterocycles. The SMILES string of the molecule is CC.NCc1oc(-c2ccc(OC(F)F)c(OCC3CC3)c2)nc1C(=O)NCc1ccccc1Cl. The standard InChI is InChI=1S/C23H22ClF2N3O4.C2H6/c24-16-4-2-1-3-15(16)11-28-21(30)20-19(10-27)32-22(29-20)14-7-8-17(33-23(25)26)18(9-14)31-12-13-5-6-13;1-2/h1-4,7-9,13,23H,5-6,10-12,27H2,(H,28,30);1-2H3. The second-order valence-corrected chi connectivity index (χ2v) is 7.97. The lowest BCUT2D eigenvalue weighted by molar-refractivity contribution is -0.0515.